The lowest BCUT2D eigenvalue weighted by Gasteiger charge is -2.40. The monoisotopic (exact) mass is 222 g/mol. The first-order valence-electron chi connectivity index (χ1n) is 6.04. The molecule has 1 aliphatic rings. The van der Waals surface area contributed by atoms with Crippen LogP contribution in [0.2, 0.25) is 0 Å². The Balaban J connectivity index is 2.22. The van der Waals surface area contributed by atoms with Crippen LogP contribution in [0.1, 0.15) is 26.5 Å². The van der Waals surface area contributed by atoms with Gasteiger partial charge in [-0.3, -0.25) is 4.68 Å². The van der Waals surface area contributed by atoms with Crippen LogP contribution in [0, 0.1) is 0 Å². The average molecular weight is 222 g/mol. The Labute approximate surface area is 97.6 Å². The molecular weight excluding hydrogens is 200 g/mol. The van der Waals surface area contributed by atoms with Crippen molar-refractivity contribution in [3.63, 3.8) is 0 Å². The fourth-order valence-electron chi connectivity index (χ4n) is 2.38. The first kappa shape index (κ1) is 11.5. The molecule has 0 amide bonds. The molecule has 0 bridgehead atoms. The fourth-order valence-corrected chi connectivity index (χ4v) is 2.38. The summed E-state index contributed by atoms with van der Waals surface area (Å²) >= 11 is 0. The minimum Gasteiger partial charge on any atom is -0.366 e. The zero-order valence-electron chi connectivity index (χ0n) is 10.7. The topological polar surface area (TPSA) is 33.1 Å². The number of hydrogen-bond donors (Lipinski definition) is 1. The van der Waals surface area contributed by atoms with Crippen LogP contribution in [-0.2, 0) is 13.5 Å². The Morgan fingerprint density at radius 3 is 2.88 bits per heavy atom. The highest BCUT2D eigenvalue weighted by Crippen LogP contribution is 2.23. The number of hydrogen-bond acceptors (Lipinski definition) is 3. The highest BCUT2D eigenvalue weighted by molar-refractivity contribution is 5.50. The first-order valence-corrected chi connectivity index (χ1v) is 6.04. The van der Waals surface area contributed by atoms with Crippen LogP contribution >= 0.6 is 0 Å². The van der Waals surface area contributed by atoms with E-state index in [9.17, 15) is 0 Å². The Bertz CT molecular complexity index is 367. The van der Waals surface area contributed by atoms with E-state index in [-0.39, 0.29) is 5.54 Å². The zero-order valence-corrected chi connectivity index (χ0v) is 10.7. The van der Waals surface area contributed by atoms with Gasteiger partial charge in [0.15, 0.2) is 0 Å². The van der Waals surface area contributed by atoms with Gasteiger partial charge in [-0.15, -0.1) is 0 Å². The summed E-state index contributed by atoms with van der Waals surface area (Å²) in [6, 6.07) is 0. The lowest BCUT2D eigenvalue weighted by molar-refractivity contribution is 0.353. The van der Waals surface area contributed by atoms with Gasteiger partial charge in [0.05, 0.1) is 11.4 Å². The van der Waals surface area contributed by atoms with Gasteiger partial charge >= 0.3 is 0 Å². The molecule has 1 N–H and O–H groups in total. The van der Waals surface area contributed by atoms with Crippen molar-refractivity contribution in [1.82, 2.24) is 15.1 Å². The van der Waals surface area contributed by atoms with Crippen molar-refractivity contribution in [2.75, 3.05) is 24.5 Å². The maximum atomic E-state index is 4.51. The molecule has 0 atom stereocenters. The Morgan fingerprint density at radius 1 is 1.50 bits per heavy atom. The fraction of sp³-hybridized carbons (Fsp3) is 0.750. The minimum atomic E-state index is 0.194. The van der Waals surface area contributed by atoms with Crippen LogP contribution in [-0.4, -0.2) is 35.0 Å². The summed E-state index contributed by atoms with van der Waals surface area (Å²) in [6.45, 7) is 9.83. The first-order chi connectivity index (χ1) is 7.52. The number of aryl methyl sites for hydroxylation is 2. The molecule has 0 radical (unpaired) electrons. The van der Waals surface area contributed by atoms with Crippen molar-refractivity contribution in [2.24, 2.45) is 7.05 Å². The SMILES string of the molecule is CCc1nn(C)cc1N1CCNC(C)(C)C1. The van der Waals surface area contributed by atoms with Gasteiger partial charge in [-0.1, -0.05) is 6.92 Å². The number of rotatable bonds is 2. The van der Waals surface area contributed by atoms with Gasteiger partial charge in [-0.05, 0) is 20.3 Å². The van der Waals surface area contributed by atoms with Gasteiger partial charge in [-0.2, -0.15) is 5.10 Å². The van der Waals surface area contributed by atoms with E-state index in [1.54, 1.807) is 0 Å². The molecule has 0 aromatic carbocycles. The molecule has 1 aromatic rings. The number of piperazine rings is 1. The third-order valence-electron chi connectivity index (χ3n) is 3.13. The molecule has 4 heteroatoms. The van der Waals surface area contributed by atoms with Gasteiger partial charge in [-0.25, -0.2) is 0 Å². The van der Waals surface area contributed by atoms with Crippen LogP contribution in [0.25, 0.3) is 0 Å². The second-order valence-corrected chi connectivity index (χ2v) is 5.22. The quantitative estimate of drug-likeness (QED) is 0.815. The highest BCUT2D eigenvalue weighted by atomic mass is 15.3. The molecule has 2 rings (SSSR count). The predicted octanol–water partition coefficient (Wildman–Crippen LogP) is 1.17. The van der Waals surface area contributed by atoms with Gasteiger partial charge in [0.1, 0.15) is 0 Å². The Kier molecular flexibility index (Phi) is 2.93. The normalized spacial score (nSPS) is 20.1. The van der Waals surface area contributed by atoms with Gasteiger partial charge in [0.2, 0.25) is 0 Å². The molecule has 0 spiro atoms. The van der Waals surface area contributed by atoms with Crippen molar-refractivity contribution in [3.05, 3.63) is 11.9 Å². The molecule has 90 valence electrons. The molecule has 2 heterocycles. The maximum Gasteiger partial charge on any atom is 0.0855 e. The summed E-state index contributed by atoms with van der Waals surface area (Å²) in [5.74, 6) is 0. The molecule has 0 unspecified atom stereocenters. The number of anilines is 1. The van der Waals surface area contributed by atoms with Gasteiger partial charge in [0.25, 0.3) is 0 Å². The zero-order chi connectivity index (χ0) is 11.8. The summed E-state index contributed by atoms with van der Waals surface area (Å²) < 4.78 is 1.92. The number of nitrogens with zero attached hydrogens (tertiary/aromatic N) is 3. The summed E-state index contributed by atoms with van der Waals surface area (Å²) in [5, 5.41) is 8.04. The third-order valence-corrected chi connectivity index (χ3v) is 3.13. The molecule has 1 aliphatic heterocycles. The van der Waals surface area contributed by atoms with E-state index in [0.717, 1.165) is 26.1 Å². The second-order valence-electron chi connectivity index (χ2n) is 5.22. The number of aromatic nitrogens is 2. The average Bonchev–Trinajstić information content (AvgIpc) is 2.58. The highest BCUT2D eigenvalue weighted by Gasteiger charge is 2.27. The lowest BCUT2D eigenvalue weighted by Crippen LogP contribution is -2.57. The summed E-state index contributed by atoms with van der Waals surface area (Å²) in [5.41, 5.74) is 2.71. The predicted molar refractivity (Wildman–Crippen MR) is 66.9 cm³/mol. The second kappa shape index (κ2) is 4.09. The van der Waals surface area contributed by atoms with Crippen LogP contribution < -0.4 is 10.2 Å². The summed E-state index contributed by atoms with van der Waals surface area (Å²) in [6.07, 6.45) is 3.14. The molecule has 4 nitrogen and oxygen atoms in total. The largest absolute Gasteiger partial charge is 0.366 e. The van der Waals surface area contributed by atoms with E-state index in [2.05, 4.69) is 42.3 Å². The van der Waals surface area contributed by atoms with E-state index in [1.807, 2.05) is 11.7 Å². The van der Waals surface area contributed by atoms with Crippen molar-refractivity contribution in [2.45, 2.75) is 32.7 Å². The van der Waals surface area contributed by atoms with Crippen molar-refractivity contribution < 1.29 is 0 Å². The van der Waals surface area contributed by atoms with E-state index < -0.39 is 0 Å². The molecule has 1 fully saturated rings. The van der Waals surface area contributed by atoms with Gasteiger partial charge < -0.3 is 10.2 Å². The number of nitrogens with one attached hydrogen (secondary N) is 1. The smallest absolute Gasteiger partial charge is 0.0855 e. The van der Waals surface area contributed by atoms with Crippen LogP contribution in [0.3, 0.4) is 0 Å². The maximum absolute atomic E-state index is 4.51. The van der Waals surface area contributed by atoms with Crippen molar-refractivity contribution >= 4 is 5.69 Å². The van der Waals surface area contributed by atoms with Crippen molar-refractivity contribution in [1.29, 1.82) is 0 Å². The minimum absolute atomic E-state index is 0.194. The van der Waals surface area contributed by atoms with Crippen molar-refractivity contribution in [3.8, 4) is 0 Å². The molecule has 0 aliphatic carbocycles. The Morgan fingerprint density at radius 2 is 2.25 bits per heavy atom. The van der Waals surface area contributed by atoms with E-state index in [4.69, 9.17) is 0 Å². The van der Waals surface area contributed by atoms with Crippen LogP contribution in [0.15, 0.2) is 6.20 Å². The Hall–Kier alpha value is -1.03. The molecular formula is C12H22N4. The molecule has 0 saturated carbocycles. The lowest BCUT2D eigenvalue weighted by atomic mass is 10.0. The molecule has 16 heavy (non-hydrogen) atoms. The van der Waals surface area contributed by atoms with Crippen LogP contribution in [0.4, 0.5) is 5.69 Å². The van der Waals surface area contributed by atoms with E-state index in [0.29, 0.717) is 0 Å². The summed E-state index contributed by atoms with van der Waals surface area (Å²) in [7, 11) is 2.00. The molecule has 1 aromatic heterocycles. The van der Waals surface area contributed by atoms with E-state index in [1.165, 1.54) is 11.4 Å². The third kappa shape index (κ3) is 2.21. The molecule has 1 saturated heterocycles. The van der Waals surface area contributed by atoms with E-state index >= 15 is 0 Å². The van der Waals surface area contributed by atoms with Gasteiger partial charge in [0, 0.05) is 38.4 Å². The summed E-state index contributed by atoms with van der Waals surface area (Å²) in [4.78, 5) is 2.45. The standard InChI is InChI=1S/C12H22N4/c1-5-10-11(8-15(4)14-10)16-7-6-13-12(2,3)9-16/h8,13H,5-7,9H2,1-4H3. The van der Waals surface area contributed by atoms with Crippen LogP contribution in [0.5, 0.6) is 0 Å².